The van der Waals surface area contributed by atoms with E-state index in [-0.39, 0.29) is 11.1 Å². The lowest BCUT2D eigenvalue weighted by molar-refractivity contribution is 0.102. The van der Waals surface area contributed by atoms with E-state index in [1.54, 1.807) is 12.1 Å². The molecule has 1 rings (SSSR count). The smallest absolute Gasteiger partial charge is 0.177 e. The lowest BCUT2D eigenvalue weighted by Gasteiger charge is -2.10. The Kier molecular flexibility index (Phi) is 3.96. The van der Waals surface area contributed by atoms with Crippen molar-refractivity contribution in [2.45, 2.75) is 6.92 Å². The van der Waals surface area contributed by atoms with Crippen molar-refractivity contribution in [3.63, 3.8) is 0 Å². The fourth-order valence-corrected chi connectivity index (χ4v) is 1.67. The van der Waals surface area contributed by atoms with Gasteiger partial charge in [-0.15, -0.1) is 0 Å². The second-order valence-corrected chi connectivity index (χ2v) is 3.78. The highest BCUT2D eigenvalue weighted by Gasteiger charge is 2.14. The van der Waals surface area contributed by atoms with Gasteiger partial charge in [-0.1, -0.05) is 27.5 Å². The second-order valence-electron chi connectivity index (χ2n) is 2.81. The molecule has 0 aliphatic rings. The summed E-state index contributed by atoms with van der Waals surface area (Å²) in [6, 6.07) is 3.38. The molecule has 0 atom stereocenters. The van der Waals surface area contributed by atoms with E-state index in [4.69, 9.17) is 16.3 Å². The number of ether oxygens (including phenoxy) is 1. The average molecular weight is 278 g/mol. The second kappa shape index (κ2) is 4.80. The predicted molar refractivity (Wildman–Crippen MR) is 60.9 cm³/mol. The number of Topliss-reactive ketones (excluding diaryl/α,β-unsaturated/α-hetero) is 1. The van der Waals surface area contributed by atoms with E-state index in [9.17, 15) is 4.79 Å². The van der Waals surface area contributed by atoms with Gasteiger partial charge in [0.15, 0.2) is 5.78 Å². The molecule has 0 aliphatic carbocycles. The van der Waals surface area contributed by atoms with Gasteiger partial charge in [0.25, 0.3) is 0 Å². The average Bonchev–Trinajstić information content (AvgIpc) is 2.20. The van der Waals surface area contributed by atoms with Crippen LogP contribution in [0.4, 0.5) is 0 Å². The highest BCUT2D eigenvalue weighted by Crippen LogP contribution is 2.29. The molecule has 76 valence electrons. The molecule has 0 aliphatic heterocycles. The fourth-order valence-electron chi connectivity index (χ4n) is 1.22. The number of benzene rings is 1. The molecule has 0 saturated heterocycles. The molecule has 0 unspecified atom stereocenters. The van der Waals surface area contributed by atoms with Gasteiger partial charge in [0.05, 0.1) is 18.0 Å². The van der Waals surface area contributed by atoms with Crippen LogP contribution >= 0.6 is 27.5 Å². The number of methoxy groups -OCH3 is 1. The molecule has 0 radical (unpaired) electrons. The van der Waals surface area contributed by atoms with Gasteiger partial charge in [-0.05, 0) is 19.1 Å². The monoisotopic (exact) mass is 276 g/mol. The number of hydrogen-bond donors (Lipinski definition) is 0. The van der Waals surface area contributed by atoms with Crippen LogP contribution in [0.15, 0.2) is 12.1 Å². The Morgan fingerprint density at radius 1 is 1.57 bits per heavy atom. The molecule has 0 spiro atoms. The minimum Gasteiger partial charge on any atom is -0.496 e. The van der Waals surface area contributed by atoms with Crippen molar-refractivity contribution in [1.29, 1.82) is 0 Å². The van der Waals surface area contributed by atoms with Gasteiger partial charge in [-0.2, -0.15) is 0 Å². The van der Waals surface area contributed by atoms with Crippen LogP contribution in [0.2, 0.25) is 5.02 Å². The molecule has 0 saturated carbocycles. The summed E-state index contributed by atoms with van der Waals surface area (Å²) in [5, 5.41) is 0.887. The summed E-state index contributed by atoms with van der Waals surface area (Å²) in [6.45, 7) is 1.83. The van der Waals surface area contributed by atoms with Crippen LogP contribution in [-0.4, -0.2) is 18.2 Å². The van der Waals surface area contributed by atoms with E-state index < -0.39 is 0 Å². The first kappa shape index (κ1) is 11.5. The maximum Gasteiger partial charge on any atom is 0.177 e. The van der Waals surface area contributed by atoms with Crippen LogP contribution in [0.5, 0.6) is 5.75 Å². The minimum absolute atomic E-state index is 0.0124. The maximum atomic E-state index is 11.5. The Bertz CT molecular complexity index is 363. The van der Waals surface area contributed by atoms with E-state index >= 15 is 0 Å². The molecular weight excluding hydrogens is 267 g/mol. The van der Waals surface area contributed by atoms with Gasteiger partial charge < -0.3 is 4.74 Å². The fraction of sp³-hybridized carbons (Fsp3) is 0.300. The largest absolute Gasteiger partial charge is 0.496 e. The zero-order chi connectivity index (χ0) is 10.7. The number of carbonyl (C=O) groups excluding carboxylic acids is 1. The normalized spacial score (nSPS) is 10.0. The standard InChI is InChI=1S/C10H10BrClO2/c1-6-8(12)4-3-7(9(13)5-11)10(6)14-2/h3-4H,5H2,1-2H3. The van der Waals surface area contributed by atoms with Crippen molar-refractivity contribution >= 4 is 33.3 Å². The van der Waals surface area contributed by atoms with Crippen molar-refractivity contribution in [3.05, 3.63) is 28.3 Å². The molecule has 0 N–H and O–H groups in total. The highest BCUT2D eigenvalue weighted by molar-refractivity contribution is 9.09. The van der Waals surface area contributed by atoms with Gasteiger partial charge in [0, 0.05) is 10.6 Å². The Balaban J connectivity index is 3.31. The lowest BCUT2D eigenvalue weighted by atomic mass is 10.1. The third-order valence-corrected chi connectivity index (χ3v) is 2.88. The van der Waals surface area contributed by atoms with Gasteiger partial charge in [0.2, 0.25) is 0 Å². The van der Waals surface area contributed by atoms with E-state index in [0.717, 1.165) is 5.56 Å². The van der Waals surface area contributed by atoms with Crippen molar-refractivity contribution in [2.24, 2.45) is 0 Å². The van der Waals surface area contributed by atoms with E-state index in [1.807, 2.05) is 6.92 Å². The molecule has 0 amide bonds. The van der Waals surface area contributed by atoms with Crippen molar-refractivity contribution < 1.29 is 9.53 Å². The van der Waals surface area contributed by atoms with Crippen molar-refractivity contribution in [1.82, 2.24) is 0 Å². The van der Waals surface area contributed by atoms with Crippen LogP contribution in [0.3, 0.4) is 0 Å². The first-order valence-corrected chi connectivity index (χ1v) is 5.54. The molecule has 0 aromatic heterocycles. The van der Waals surface area contributed by atoms with Gasteiger partial charge in [-0.3, -0.25) is 4.79 Å². The summed E-state index contributed by atoms with van der Waals surface area (Å²) < 4.78 is 5.15. The Morgan fingerprint density at radius 3 is 2.71 bits per heavy atom. The Hall–Kier alpha value is -0.540. The molecule has 0 bridgehead atoms. The van der Waals surface area contributed by atoms with Crippen LogP contribution in [0.1, 0.15) is 15.9 Å². The maximum absolute atomic E-state index is 11.5. The number of rotatable bonds is 3. The van der Waals surface area contributed by atoms with Gasteiger partial charge in [-0.25, -0.2) is 0 Å². The van der Waals surface area contributed by atoms with Crippen LogP contribution < -0.4 is 4.74 Å². The van der Waals surface area contributed by atoms with Crippen molar-refractivity contribution in [2.75, 3.05) is 12.4 Å². The van der Waals surface area contributed by atoms with Crippen LogP contribution in [-0.2, 0) is 0 Å². The molecule has 14 heavy (non-hydrogen) atoms. The lowest BCUT2D eigenvalue weighted by Crippen LogP contribution is -2.04. The topological polar surface area (TPSA) is 26.3 Å². The number of halogens is 2. The molecule has 1 aromatic carbocycles. The summed E-state index contributed by atoms with van der Waals surface area (Å²) in [5.41, 5.74) is 1.35. The molecule has 0 fully saturated rings. The summed E-state index contributed by atoms with van der Waals surface area (Å²) in [7, 11) is 1.53. The summed E-state index contributed by atoms with van der Waals surface area (Å²) >= 11 is 9.03. The minimum atomic E-state index is -0.0124. The number of carbonyl (C=O) groups is 1. The predicted octanol–water partition coefficient (Wildman–Crippen LogP) is 3.23. The first-order chi connectivity index (χ1) is 6.61. The van der Waals surface area contributed by atoms with Crippen LogP contribution in [0.25, 0.3) is 0 Å². The summed E-state index contributed by atoms with van der Waals surface area (Å²) in [6.07, 6.45) is 0. The van der Waals surface area contributed by atoms with E-state index in [0.29, 0.717) is 16.3 Å². The van der Waals surface area contributed by atoms with Crippen LogP contribution in [0, 0.1) is 6.92 Å². The first-order valence-electron chi connectivity index (χ1n) is 4.04. The van der Waals surface area contributed by atoms with E-state index in [2.05, 4.69) is 15.9 Å². The van der Waals surface area contributed by atoms with Gasteiger partial charge in [0.1, 0.15) is 5.75 Å². The number of hydrogen-bond acceptors (Lipinski definition) is 2. The third kappa shape index (κ3) is 2.10. The zero-order valence-corrected chi connectivity index (χ0v) is 10.3. The van der Waals surface area contributed by atoms with Gasteiger partial charge >= 0.3 is 0 Å². The molecule has 0 heterocycles. The highest BCUT2D eigenvalue weighted by atomic mass is 79.9. The number of ketones is 1. The molecule has 2 nitrogen and oxygen atoms in total. The summed E-state index contributed by atoms with van der Waals surface area (Å²) in [5.74, 6) is 0.545. The number of alkyl halides is 1. The third-order valence-electron chi connectivity index (χ3n) is 1.97. The zero-order valence-electron chi connectivity index (χ0n) is 7.93. The Labute approximate surface area is 96.3 Å². The Morgan fingerprint density at radius 2 is 2.21 bits per heavy atom. The molecule has 4 heteroatoms. The molecule has 1 aromatic rings. The van der Waals surface area contributed by atoms with Crippen molar-refractivity contribution in [3.8, 4) is 5.75 Å². The van der Waals surface area contributed by atoms with E-state index in [1.165, 1.54) is 7.11 Å². The summed E-state index contributed by atoms with van der Waals surface area (Å²) in [4.78, 5) is 11.5. The molecular formula is C10H10BrClO2. The quantitative estimate of drug-likeness (QED) is 0.626. The SMILES string of the molecule is COc1c(C(=O)CBr)ccc(Cl)c1C.